The van der Waals surface area contributed by atoms with Gasteiger partial charge in [-0.2, -0.15) is 0 Å². The number of nitrogens with one attached hydrogen (secondary N) is 1. The van der Waals surface area contributed by atoms with E-state index in [-0.39, 0.29) is 0 Å². The number of H-pyrrole nitrogens is 1. The van der Waals surface area contributed by atoms with Crippen LogP contribution in [-0.4, -0.2) is 41.5 Å². The molecule has 2 saturated heterocycles. The van der Waals surface area contributed by atoms with E-state index in [1.807, 2.05) is 0 Å². The Balaban J connectivity index is 1.36. The number of aryl methyl sites for hydroxylation is 1. The van der Waals surface area contributed by atoms with Gasteiger partial charge in [0, 0.05) is 48.8 Å². The molecule has 0 aliphatic carbocycles. The fraction of sp³-hybridized carbons (Fsp3) is 0.391. The highest BCUT2D eigenvalue weighted by atomic mass is 15.2. The summed E-state index contributed by atoms with van der Waals surface area (Å²) in [7, 11) is 2.29. The fourth-order valence-electron chi connectivity index (χ4n) is 5.35. The first-order valence-electron chi connectivity index (χ1n) is 9.74. The van der Waals surface area contributed by atoms with Crippen LogP contribution in [0.15, 0.2) is 54.6 Å². The monoisotopic (exact) mass is 345 g/mol. The zero-order valence-electron chi connectivity index (χ0n) is 15.7. The highest BCUT2D eigenvalue weighted by molar-refractivity contribution is 5.84. The van der Waals surface area contributed by atoms with E-state index in [0.717, 1.165) is 18.4 Å². The standard InChI is InChI=1S/C23H27N3/c1-16-19-10-6-7-11-21(19)24-22(16)15-26-13-18-12-25(2)23(20(18)14-26)17-8-4-3-5-9-17/h3-11,18,20,23-24H,12-15H2,1-2H3/t18-,20+,23-/m0/s1. The van der Waals surface area contributed by atoms with Crippen LogP contribution in [0.3, 0.4) is 0 Å². The average molecular weight is 345 g/mol. The minimum absolute atomic E-state index is 0.565. The van der Waals surface area contributed by atoms with Crippen LogP contribution in [0.5, 0.6) is 0 Å². The molecule has 0 spiro atoms. The van der Waals surface area contributed by atoms with Gasteiger partial charge in [0.2, 0.25) is 0 Å². The number of likely N-dealkylation sites (tertiary alicyclic amines) is 2. The SMILES string of the molecule is Cc1c(CN2C[C@@H]3CN(C)[C@@H](c4ccccc4)[C@@H]3C2)[nH]c2ccccc12. The Hall–Kier alpha value is -2.10. The molecule has 26 heavy (non-hydrogen) atoms. The maximum absolute atomic E-state index is 3.66. The predicted octanol–water partition coefficient (Wildman–Crippen LogP) is 4.21. The maximum Gasteiger partial charge on any atom is 0.0459 e. The topological polar surface area (TPSA) is 22.3 Å². The lowest BCUT2D eigenvalue weighted by Crippen LogP contribution is -2.29. The zero-order chi connectivity index (χ0) is 17.7. The number of hydrogen-bond donors (Lipinski definition) is 1. The zero-order valence-corrected chi connectivity index (χ0v) is 15.7. The van der Waals surface area contributed by atoms with E-state index in [1.54, 1.807) is 0 Å². The Morgan fingerprint density at radius 2 is 1.73 bits per heavy atom. The normalized spacial score (nSPS) is 26.6. The number of hydrogen-bond acceptors (Lipinski definition) is 2. The highest BCUT2D eigenvalue weighted by Crippen LogP contribution is 2.44. The lowest BCUT2D eigenvalue weighted by atomic mass is 9.90. The molecular formula is C23H27N3. The van der Waals surface area contributed by atoms with E-state index in [9.17, 15) is 0 Å². The number of aromatic nitrogens is 1. The molecule has 5 rings (SSSR count). The molecular weight excluding hydrogens is 318 g/mol. The largest absolute Gasteiger partial charge is 0.357 e. The Morgan fingerprint density at radius 3 is 2.54 bits per heavy atom. The van der Waals surface area contributed by atoms with Crippen molar-refractivity contribution >= 4 is 10.9 Å². The Bertz CT molecular complexity index is 914. The van der Waals surface area contributed by atoms with Crippen LogP contribution in [0.1, 0.15) is 22.9 Å². The minimum atomic E-state index is 0.565. The number of nitrogens with zero attached hydrogens (tertiary/aromatic N) is 2. The molecule has 0 amide bonds. The molecule has 1 N–H and O–H groups in total. The molecule has 3 atom stereocenters. The molecule has 134 valence electrons. The van der Waals surface area contributed by atoms with Gasteiger partial charge >= 0.3 is 0 Å². The van der Waals surface area contributed by atoms with E-state index < -0.39 is 0 Å². The van der Waals surface area contributed by atoms with Crippen LogP contribution >= 0.6 is 0 Å². The molecule has 0 unspecified atom stereocenters. The van der Waals surface area contributed by atoms with Crippen molar-refractivity contribution in [2.75, 3.05) is 26.7 Å². The summed E-state index contributed by atoms with van der Waals surface area (Å²) >= 11 is 0. The lowest BCUT2D eigenvalue weighted by Gasteiger charge is -2.26. The van der Waals surface area contributed by atoms with Crippen molar-refractivity contribution in [3.05, 3.63) is 71.4 Å². The quantitative estimate of drug-likeness (QED) is 0.768. The highest BCUT2D eigenvalue weighted by Gasteiger charge is 2.45. The fourth-order valence-corrected chi connectivity index (χ4v) is 5.35. The summed E-state index contributed by atoms with van der Waals surface area (Å²) in [6, 6.07) is 20.3. The van der Waals surface area contributed by atoms with E-state index in [2.05, 4.69) is 83.4 Å². The molecule has 2 aliphatic rings. The van der Waals surface area contributed by atoms with Crippen LogP contribution in [0, 0.1) is 18.8 Å². The molecule has 2 aliphatic heterocycles. The summed E-state index contributed by atoms with van der Waals surface area (Å²) in [6.45, 7) is 6.92. The van der Waals surface area contributed by atoms with E-state index in [1.165, 1.54) is 47.4 Å². The first-order chi connectivity index (χ1) is 12.7. The van der Waals surface area contributed by atoms with Crippen molar-refractivity contribution in [1.29, 1.82) is 0 Å². The van der Waals surface area contributed by atoms with Crippen LogP contribution in [0.2, 0.25) is 0 Å². The van der Waals surface area contributed by atoms with Crippen LogP contribution < -0.4 is 0 Å². The summed E-state index contributed by atoms with van der Waals surface area (Å²) < 4.78 is 0. The van der Waals surface area contributed by atoms with Gasteiger partial charge in [0.15, 0.2) is 0 Å². The van der Waals surface area contributed by atoms with Crippen molar-refractivity contribution in [2.45, 2.75) is 19.5 Å². The summed E-state index contributed by atoms with van der Waals surface area (Å²) in [4.78, 5) is 8.88. The predicted molar refractivity (Wildman–Crippen MR) is 107 cm³/mol. The van der Waals surface area contributed by atoms with Gasteiger partial charge in [-0.05, 0) is 43.0 Å². The second kappa shape index (κ2) is 6.26. The van der Waals surface area contributed by atoms with Gasteiger partial charge in [0.25, 0.3) is 0 Å². The Labute approximate surface area is 155 Å². The van der Waals surface area contributed by atoms with Gasteiger partial charge < -0.3 is 4.98 Å². The Morgan fingerprint density at radius 1 is 0.962 bits per heavy atom. The molecule has 3 heteroatoms. The van der Waals surface area contributed by atoms with E-state index in [4.69, 9.17) is 0 Å². The number of rotatable bonds is 3. The van der Waals surface area contributed by atoms with Gasteiger partial charge in [-0.1, -0.05) is 48.5 Å². The summed E-state index contributed by atoms with van der Waals surface area (Å²) in [5.74, 6) is 1.53. The Kier molecular flexibility index (Phi) is 3.87. The first-order valence-corrected chi connectivity index (χ1v) is 9.74. The molecule has 3 nitrogen and oxygen atoms in total. The number of benzene rings is 2. The van der Waals surface area contributed by atoms with Crippen LogP contribution in [-0.2, 0) is 6.54 Å². The molecule has 3 heterocycles. The third-order valence-corrected chi connectivity index (χ3v) is 6.56. The molecule has 0 saturated carbocycles. The molecule has 3 aromatic rings. The van der Waals surface area contributed by atoms with Crippen LogP contribution in [0.4, 0.5) is 0 Å². The third-order valence-electron chi connectivity index (χ3n) is 6.56. The second-order valence-electron chi connectivity index (χ2n) is 8.19. The van der Waals surface area contributed by atoms with Gasteiger partial charge in [-0.15, -0.1) is 0 Å². The third kappa shape index (κ3) is 2.58. The van der Waals surface area contributed by atoms with Gasteiger partial charge in [0.05, 0.1) is 0 Å². The number of fused-ring (bicyclic) bond motifs is 2. The van der Waals surface area contributed by atoms with Crippen molar-refractivity contribution in [1.82, 2.24) is 14.8 Å². The van der Waals surface area contributed by atoms with Crippen molar-refractivity contribution in [3.63, 3.8) is 0 Å². The lowest BCUT2D eigenvalue weighted by molar-refractivity contribution is 0.223. The van der Waals surface area contributed by atoms with Gasteiger partial charge in [-0.25, -0.2) is 0 Å². The smallest absolute Gasteiger partial charge is 0.0459 e. The van der Waals surface area contributed by atoms with Crippen molar-refractivity contribution in [2.24, 2.45) is 11.8 Å². The molecule has 1 aromatic heterocycles. The maximum atomic E-state index is 3.66. The average Bonchev–Trinajstić information content (AvgIpc) is 3.27. The molecule has 0 bridgehead atoms. The van der Waals surface area contributed by atoms with Gasteiger partial charge in [0.1, 0.15) is 0 Å². The molecule has 0 radical (unpaired) electrons. The number of aromatic amines is 1. The number of para-hydroxylation sites is 1. The minimum Gasteiger partial charge on any atom is -0.357 e. The first kappa shape index (κ1) is 16.1. The summed E-state index contributed by atoms with van der Waals surface area (Å²) in [5, 5.41) is 1.36. The summed E-state index contributed by atoms with van der Waals surface area (Å²) in [6.07, 6.45) is 0. The van der Waals surface area contributed by atoms with E-state index >= 15 is 0 Å². The molecule has 2 fully saturated rings. The van der Waals surface area contributed by atoms with E-state index in [0.29, 0.717) is 6.04 Å². The van der Waals surface area contributed by atoms with Gasteiger partial charge in [-0.3, -0.25) is 9.80 Å². The van der Waals surface area contributed by atoms with Crippen molar-refractivity contribution < 1.29 is 0 Å². The van der Waals surface area contributed by atoms with Crippen LogP contribution in [0.25, 0.3) is 10.9 Å². The second-order valence-corrected chi connectivity index (χ2v) is 8.19. The molecule has 2 aromatic carbocycles. The summed E-state index contributed by atoms with van der Waals surface area (Å²) in [5.41, 5.74) is 5.54. The van der Waals surface area contributed by atoms with Crippen molar-refractivity contribution in [3.8, 4) is 0 Å².